The predicted octanol–water partition coefficient (Wildman–Crippen LogP) is 3.53. The Balaban J connectivity index is 0.00000324. The van der Waals surface area contributed by atoms with Crippen LogP contribution < -0.4 is 5.73 Å². The molecule has 0 radical (unpaired) electrons. The lowest BCUT2D eigenvalue weighted by molar-refractivity contribution is -0.135. The fraction of sp³-hybridized carbons (Fsp3) is 0.917. The van der Waals surface area contributed by atoms with Crippen molar-refractivity contribution in [2.24, 2.45) is 10.7 Å². The van der Waals surface area contributed by atoms with Gasteiger partial charge in [0.1, 0.15) is 0 Å². The molecular weight excluding hydrogens is 370 g/mol. The molecule has 7 heteroatoms. The minimum atomic E-state index is -4.06. The van der Waals surface area contributed by atoms with Crippen LogP contribution in [0.3, 0.4) is 0 Å². The van der Waals surface area contributed by atoms with Gasteiger partial charge in [-0.3, -0.25) is 4.99 Å². The first-order valence-corrected chi connectivity index (χ1v) is 6.61. The molecule has 3 nitrogen and oxygen atoms in total. The van der Waals surface area contributed by atoms with Crippen molar-refractivity contribution in [2.75, 3.05) is 19.6 Å². The van der Waals surface area contributed by atoms with Crippen LogP contribution in [0, 0.1) is 0 Å². The minimum absolute atomic E-state index is 0. The number of hydrogen-bond acceptors (Lipinski definition) is 1. The predicted molar refractivity (Wildman–Crippen MR) is 81.9 cm³/mol. The van der Waals surface area contributed by atoms with E-state index >= 15 is 0 Å². The van der Waals surface area contributed by atoms with Gasteiger partial charge in [0, 0.05) is 26.1 Å². The van der Waals surface area contributed by atoms with Crippen molar-refractivity contribution in [1.82, 2.24) is 4.90 Å². The highest BCUT2D eigenvalue weighted by Crippen LogP contribution is 2.22. The van der Waals surface area contributed by atoms with Crippen molar-refractivity contribution in [3.8, 4) is 0 Å². The van der Waals surface area contributed by atoms with Crippen LogP contribution >= 0.6 is 24.0 Å². The molecule has 0 aromatic carbocycles. The average Bonchev–Trinajstić information content (AvgIpc) is 2.55. The molecule has 1 saturated heterocycles. The Morgan fingerprint density at radius 2 is 1.63 bits per heavy atom. The molecule has 2 N–H and O–H groups in total. The molecule has 0 amide bonds. The van der Waals surface area contributed by atoms with Crippen LogP contribution in [-0.4, -0.2) is 36.7 Å². The summed E-state index contributed by atoms with van der Waals surface area (Å²) >= 11 is 0. The zero-order chi connectivity index (χ0) is 13.4. The number of alkyl halides is 3. The highest BCUT2D eigenvalue weighted by molar-refractivity contribution is 14.0. The SMILES string of the molecule is I.NC(=NCCCCC(F)(F)F)N1CCCCCC1. The van der Waals surface area contributed by atoms with Gasteiger partial charge in [0.05, 0.1) is 0 Å². The van der Waals surface area contributed by atoms with Gasteiger partial charge in [-0.05, 0) is 25.7 Å². The summed E-state index contributed by atoms with van der Waals surface area (Å²) in [6.07, 6.45) is 0.444. The molecule has 1 fully saturated rings. The summed E-state index contributed by atoms with van der Waals surface area (Å²) in [7, 11) is 0. The molecule has 19 heavy (non-hydrogen) atoms. The number of hydrogen-bond donors (Lipinski definition) is 1. The third-order valence-electron chi connectivity index (χ3n) is 3.07. The third-order valence-corrected chi connectivity index (χ3v) is 3.07. The maximum absolute atomic E-state index is 11.9. The lowest BCUT2D eigenvalue weighted by Gasteiger charge is -2.21. The molecule has 0 unspecified atom stereocenters. The van der Waals surface area contributed by atoms with Crippen molar-refractivity contribution in [2.45, 2.75) is 51.1 Å². The Labute approximate surface area is 129 Å². The second-order valence-electron chi connectivity index (χ2n) is 4.71. The Kier molecular flexibility index (Phi) is 9.55. The maximum Gasteiger partial charge on any atom is 0.389 e. The molecule has 0 saturated carbocycles. The normalized spacial score (nSPS) is 17.8. The molecule has 0 aromatic heterocycles. The molecule has 0 aliphatic carbocycles. The molecule has 0 aromatic rings. The highest BCUT2D eigenvalue weighted by Gasteiger charge is 2.25. The summed E-state index contributed by atoms with van der Waals surface area (Å²) < 4.78 is 35.7. The number of likely N-dealkylation sites (tertiary alicyclic amines) is 1. The van der Waals surface area contributed by atoms with Gasteiger partial charge in [-0.1, -0.05) is 12.8 Å². The first kappa shape index (κ1) is 18.8. The van der Waals surface area contributed by atoms with Crippen LogP contribution in [0.2, 0.25) is 0 Å². The molecule has 0 bridgehead atoms. The van der Waals surface area contributed by atoms with Crippen molar-refractivity contribution < 1.29 is 13.2 Å². The molecule has 0 atom stereocenters. The van der Waals surface area contributed by atoms with E-state index in [1.807, 2.05) is 4.90 Å². The van der Waals surface area contributed by atoms with E-state index in [0.717, 1.165) is 25.9 Å². The number of halogens is 4. The number of unbranched alkanes of at least 4 members (excludes halogenated alkanes) is 1. The van der Waals surface area contributed by atoms with Gasteiger partial charge in [0.25, 0.3) is 0 Å². The van der Waals surface area contributed by atoms with E-state index in [9.17, 15) is 13.2 Å². The second kappa shape index (κ2) is 9.66. The van der Waals surface area contributed by atoms with E-state index in [0.29, 0.717) is 18.9 Å². The number of guanidine groups is 1. The molecule has 1 heterocycles. The van der Waals surface area contributed by atoms with Crippen LogP contribution in [0.5, 0.6) is 0 Å². The first-order chi connectivity index (χ1) is 8.49. The van der Waals surface area contributed by atoms with Gasteiger partial charge in [-0.2, -0.15) is 13.2 Å². The summed E-state index contributed by atoms with van der Waals surface area (Å²) in [6, 6.07) is 0. The number of rotatable bonds is 4. The summed E-state index contributed by atoms with van der Waals surface area (Å²) in [4.78, 5) is 6.20. The van der Waals surface area contributed by atoms with E-state index < -0.39 is 12.6 Å². The van der Waals surface area contributed by atoms with Crippen LogP contribution in [-0.2, 0) is 0 Å². The van der Waals surface area contributed by atoms with Crippen LogP contribution in [0.15, 0.2) is 4.99 Å². The molecule has 1 rings (SSSR count). The number of nitrogens with two attached hydrogens (primary N) is 1. The zero-order valence-corrected chi connectivity index (χ0v) is 13.4. The zero-order valence-electron chi connectivity index (χ0n) is 11.1. The van der Waals surface area contributed by atoms with Crippen molar-refractivity contribution in [3.63, 3.8) is 0 Å². The van der Waals surface area contributed by atoms with Crippen molar-refractivity contribution in [3.05, 3.63) is 0 Å². The second-order valence-corrected chi connectivity index (χ2v) is 4.71. The van der Waals surface area contributed by atoms with Crippen molar-refractivity contribution >= 4 is 29.9 Å². The largest absolute Gasteiger partial charge is 0.389 e. The molecular formula is C12H23F3IN3. The first-order valence-electron chi connectivity index (χ1n) is 6.61. The lowest BCUT2D eigenvalue weighted by Crippen LogP contribution is -2.38. The highest BCUT2D eigenvalue weighted by atomic mass is 127. The van der Waals surface area contributed by atoms with E-state index in [4.69, 9.17) is 5.73 Å². The summed E-state index contributed by atoms with van der Waals surface area (Å²) in [5.41, 5.74) is 5.84. The smallest absolute Gasteiger partial charge is 0.370 e. The Hall–Kier alpha value is -0.210. The summed E-state index contributed by atoms with van der Waals surface area (Å²) in [5, 5.41) is 0. The van der Waals surface area contributed by atoms with Gasteiger partial charge in [0.15, 0.2) is 5.96 Å². The number of nitrogens with zero attached hydrogens (tertiary/aromatic N) is 2. The van der Waals surface area contributed by atoms with Crippen LogP contribution in [0.1, 0.15) is 44.9 Å². The molecule has 114 valence electrons. The van der Waals surface area contributed by atoms with E-state index in [2.05, 4.69) is 4.99 Å². The fourth-order valence-corrected chi connectivity index (χ4v) is 2.03. The summed E-state index contributed by atoms with van der Waals surface area (Å²) in [5.74, 6) is 0.490. The van der Waals surface area contributed by atoms with E-state index in [1.54, 1.807) is 0 Å². The standard InChI is InChI=1S/C12H22F3N3.HI/c13-12(14,15)7-3-4-8-17-11(16)18-9-5-1-2-6-10-18;/h1-10H2,(H2,16,17);1H. The number of aliphatic imine (C=N–C) groups is 1. The monoisotopic (exact) mass is 393 g/mol. The minimum Gasteiger partial charge on any atom is -0.370 e. The Bertz CT molecular complexity index is 261. The van der Waals surface area contributed by atoms with Gasteiger partial charge >= 0.3 is 6.18 Å². The Morgan fingerprint density at radius 1 is 1.05 bits per heavy atom. The Morgan fingerprint density at radius 3 is 2.16 bits per heavy atom. The molecule has 1 aliphatic rings. The average molecular weight is 393 g/mol. The van der Waals surface area contributed by atoms with Crippen LogP contribution in [0.25, 0.3) is 0 Å². The quantitative estimate of drug-likeness (QED) is 0.344. The van der Waals surface area contributed by atoms with Gasteiger partial charge in [0.2, 0.25) is 0 Å². The lowest BCUT2D eigenvalue weighted by atomic mass is 10.2. The van der Waals surface area contributed by atoms with Crippen molar-refractivity contribution in [1.29, 1.82) is 0 Å². The van der Waals surface area contributed by atoms with Crippen LogP contribution in [0.4, 0.5) is 13.2 Å². The molecule has 0 spiro atoms. The van der Waals surface area contributed by atoms with E-state index in [1.165, 1.54) is 12.8 Å². The maximum atomic E-state index is 11.9. The van der Waals surface area contributed by atoms with Gasteiger partial charge in [-0.25, -0.2) is 0 Å². The fourth-order valence-electron chi connectivity index (χ4n) is 2.03. The topological polar surface area (TPSA) is 41.6 Å². The summed E-state index contributed by atoms with van der Waals surface area (Å²) in [6.45, 7) is 2.22. The third kappa shape index (κ3) is 9.34. The molecule has 1 aliphatic heterocycles. The van der Waals surface area contributed by atoms with Gasteiger partial charge in [-0.15, -0.1) is 24.0 Å². The van der Waals surface area contributed by atoms with E-state index in [-0.39, 0.29) is 30.4 Å². The van der Waals surface area contributed by atoms with Gasteiger partial charge < -0.3 is 10.6 Å².